The summed E-state index contributed by atoms with van der Waals surface area (Å²) in [6.45, 7) is 6.24. The minimum Gasteiger partial charge on any atom is -0.304 e. The van der Waals surface area contributed by atoms with Gasteiger partial charge in [-0.2, -0.15) is 0 Å². The van der Waals surface area contributed by atoms with Gasteiger partial charge in [0.15, 0.2) is 0 Å². The first-order valence-corrected chi connectivity index (χ1v) is 5.09. The summed E-state index contributed by atoms with van der Waals surface area (Å²) in [5.74, 6) is 1.13. The lowest BCUT2D eigenvalue weighted by Gasteiger charge is -2.31. The Balaban J connectivity index is 2.07. The molecule has 0 spiro atoms. The van der Waals surface area contributed by atoms with Crippen molar-refractivity contribution in [3.05, 3.63) is 0 Å². The van der Waals surface area contributed by atoms with Crippen molar-refractivity contribution in [3.63, 3.8) is 0 Å². The van der Waals surface area contributed by atoms with E-state index in [2.05, 4.69) is 29.5 Å². The van der Waals surface area contributed by atoms with Crippen LogP contribution in [0.15, 0.2) is 0 Å². The van der Waals surface area contributed by atoms with E-state index < -0.39 is 0 Å². The van der Waals surface area contributed by atoms with Crippen LogP contribution in [-0.2, 0) is 12.6 Å². The van der Waals surface area contributed by atoms with Gasteiger partial charge in [-0.05, 0) is 19.7 Å². The van der Waals surface area contributed by atoms with Crippen molar-refractivity contribution in [2.75, 3.05) is 45.5 Å². The van der Waals surface area contributed by atoms with E-state index in [1.807, 2.05) is 0 Å². The Hall–Kier alpha value is 0.270. The molecule has 0 atom stereocenters. The van der Waals surface area contributed by atoms with Crippen LogP contribution in [0.1, 0.15) is 6.42 Å². The first-order chi connectivity index (χ1) is 5.33. The summed E-state index contributed by atoms with van der Waals surface area (Å²) in [4.78, 5) is 4.93. The molecule has 1 aliphatic heterocycles. The Morgan fingerprint density at radius 1 is 1.18 bits per heavy atom. The number of rotatable bonds is 3. The van der Waals surface area contributed by atoms with E-state index in [-0.39, 0.29) is 0 Å². The van der Waals surface area contributed by atoms with E-state index in [1.165, 1.54) is 39.1 Å². The van der Waals surface area contributed by atoms with Crippen LogP contribution in [0.3, 0.4) is 0 Å². The zero-order chi connectivity index (χ0) is 8.10. The average Bonchev–Trinajstić information content (AvgIpc) is 2.04. The molecule has 0 aromatic heterocycles. The molecule has 1 aliphatic rings. The highest BCUT2D eigenvalue weighted by molar-refractivity contribution is 7.58. The predicted octanol–water partition coefficient (Wildman–Crippen LogP) is -0.365. The highest BCUT2D eigenvalue weighted by Gasteiger charge is 2.12. The molecule has 0 aromatic rings. The molecule has 2 nitrogen and oxygen atoms in total. The minimum absolute atomic E-state index is 1.13. The summed E-state index contributed by atoms with van der Waals surface area (Å²) in [7, 11) is 2.20. The van der Waals surface area contributed by atoms with E-state index in [1.54, 1.807) is 0 Å². The van der Waals surface area contributed by atoms with Gasteiger partial charge in [-0.15, -0.1) is 0 Å². The third-order valence-electron chi connectivity index (χ3n) is 2.25. The predicted molar refractivity (Wildman–Crippen MR) is 53.6 cm³/mol. The number of hydrogen-bond donors (Lipinski definition) is 0. The maximum absolute atomic E-state index is 3.50. The van der Waals surface area contributed by atoms with Crippen LogP contribution < -0.4 is 0 Å². The van der Waals surface area contributed by atoms with Crippen LogP contribution in [-0.4, -0.2) is 55.3 Å². The molecule has 1 fully saturated rings. The smallest absolute Gasteiger partial charge is 0.104 e. The first kappa shape index (κ1) is 9.36. The molecule has 3 heteroatoms. The molecule has 0 radical (unpaired) electrons. The van der Waals surface area contributed by atoms with Gasteiger partial charge in [0.05, 0.1) is 0 Å². The van der Waals surface area contributed by atoms with Crippen LogP contribution >= 0.6 is 0 Å². The molecule has 0 aromatic carbocycles. The zero-order valence-electron chi connectivity index (χ0n) is 7.34. The molecule has 0 aliphatic carbocycles. The number of hydrogen-bond acceptors (Lipinski definition) is 2. The van der Waals surface area contributed by atoms with Gasteiger partial charge < -0.3 is 9.80 Å². The molecule has 1 heterocycles. The van der Waals surface area contributed by atoms with Gasteiger partial charge in [-0.1, -0.05) is 0 Å². The Kier molecular flexibility index (Phi) is 4.26. The molecule has 0 amide bonds. The van der Waals surface area contributed by atoms with Gasteiger partial charge in [0.2, 0.25) is 0 Å². The minimum atomic E-state index is 1.13. The fourth-order valence-corrected chi connectivity index (χ4v) is 1.53. The molecule has 0 saturated carbocycles. The Morgan fingerprint density at radius 3 is 2.36 bits per heavy atom. The Morgan fingerprint density at radius 2 is 1.82 bits per heavy atom. The van der Waals surface area contributed by atoms with Crippen LogP contribution in [0.5, 0.6) is 0 Å². The zero-order valence-corrected chi connectivity index (χ0v) is 8.34. The molecule has 0 bridgehead atoms. The fraction of sp³-hybridized carbons (Fsp3) is 1.00. The van der Waals surface area contributed by atoms with Gasteiger partial charge in [-0.3, -0.25) is 0 Å². The van der Waals surface area contributed by atoms with Crippen LogP contribution in [0.4, 0.5) is 0 Å². The van der Waals surface area contributed by atoms with E-state index in [9.17, 15) is 0 Å². The normalized spacial score (nSPS) is 22.4. The highest BCUT2D eigenvalue weighted by atomic mass is 32.1. The molecule has 11 heavy (non-hydrogen) atoms. The second-order valence-corrected chi connectivity index (χ2v) is 3.75. The Bertz CT molecular complexity index is 97.5. The van der Waals surface area contributed by atoms with Gasteiger partial charge >= 0.3 is 0 Å². The van der Waals surface area contributed by atoms with Crippen molar-refractivity contribution in [1.82, 2.24) is 9.80 Å². The van der Waals surface area contributed by atoms with E-state index in [4.69, 9.17) is 0 Å². The maximum atomic E-state index is 3.50. The van der Waals surface area contributed by atoms with E-state index in [0.717, 1.165) is 5.75 Å². The monoisotopic (exact) mass is 175 g/mol. The van der Waals surface area contributed by atoms with Crippen molar-refractivity contribution in [1.29, 1.82) is 0 Å². The molecular weight excluding hydrogens is 156 g/mol. The molecule has 0 unspecified atom stereocenters. The molecule has 1 saturated heterocycles. The summed E-state index contributed by atoms with van der Waals surface area (Å²) in [6.07, 6.45) is 1.28. The summed E-state index contributed by atoms with van der Waals surface area (Å²) in [5.41, 5.74) is 0. The van der Waals surface area contributed by atoms with Gasteiger partial charge in [0.1, 0.15) is 5.75 Å². The van der Waals surface area contributed by atoms with E-state index >= 15 is 0 Å². The Labute approximate surface area is 75.0 Å². The van der Waals surface area contributed by atoms with Gasteiger partial charge in [0, 0.05) is 39.1 Å². The summed E-state index contributed by atoms with van der Waals surface area (Å²) >= 11 is 3.50. The molecular formula is C8H19N2S+. The number of piperazine rings is 1. The molecule has 66 valence electrons. The number of nitrogens with zero attached hydrogens (tertiary/aromatic N) is 2. The van der Waals surface area contributed by atoms with Crippen LogP contribution in [0, 0.1) is 0 Å². The highest BCUT2D eigenvalue weighted by Crippen LogP contribution is 1.99. The lowest BCUT2D eigenvalue weighted by Crippen LogP contribution is -2.44. The SMILES string of the molecule is CN1CCN(CCC[SH2+])CC1. The fourth-order valence-electron chi connectivity index (χ4n) is 1.37. The van der Waals surface area contributed by atoms with Crippen LogP contribution in [0.2, 0.25) is 0 Å². The van der Waals surface area contributed by atoms with Crippen molar-refractivity contribution in [2.24, 2.45) is 0 Å². The number of likely N-dealkylation sites (N-methyl/N-ethyl adjacent to an activating group) is 1. The van der Waals surface area contributed by atoms with Crippen molar-refractivity contribution >= 4 is 12.6 Å². The first-order valence-electron chi connectivity index (χ1n) is 4.38. The second kappa shape index (κ2) is 5.01. The lowest BCUT2D eigenvalue weighted by molar-refractivity contribution is 0.154. The van der Waals surface area contributed by atoms with Crippen molar-refractivity contribution in [2.45, 2.75) is 6.42 Å². The average molecular weight is 175 g/mol. The van der Waals surface area contributed by atoms with Crippen molar-refractivity contribution in [3.8, 4) is 0 Å². The van der Waals surface area contributed by atoms with Gasteiger partial charge in [0.25, 0.3) is 0 Å². The summed E-state index contributed by atoms with van der Waals surface area (Å²) in [6, 6.07) is 0. The standard InChI is InChI=1S/C8H18N2S/c1-9-4-6-10(7-5-9)3-2-8-11/h11H,2-8H2,1H3/p+1. The quantitative estimate of drug-likeness (QED) is 0.540. The van der Waals surface area contributed by atoms with Crippen LogP contribution in [0.25, 0.3) is 0 Å². The second-order valence-electron chi connectivity index (χ2n) is 3.25. The molecule has 1 rings (SSSR count). The van der Waals surface area contributed by atoms with E-state index in [0.29, 0.717) is 0 Å². The largest absolute Gasteiger partial charge is 0.304 e. The summed E-state index contributed by atoms with van der Waals surface area (Å²) in [5, 5.41) is 0. The van der Waals surface area contributed by atoms with Gasteiger partial charge in [-0.25, -0.2) is 0 Å². The summed E-state index contributed by atoms with van der Waals surface area (Å²) < 4.78 is 0. The molecule has 0 N–H and O–H groups in total. The maximum Gasteiger partial charge on any atom is 0.104 e. The van der Waals surface area contributed by atoms with Crippen molar-refractivity contribution < 1.29 is 0 Å². The third-order valence-corrected chi connectivity index (χ3v) is 2.60. The third kappa shape index (κ3) is 3.45. The lowest BCUT2D eigenvalue weighted by atomic mass is 10.3. The topological polar surface area (TPSA) is 6.48 Å².